The summed E-state index contributed by atoms with van der Waals surface area (Å²) >= 11 is 0. The van der Waals surface area contributed by atoms with E-state index in [2.05, 4.69) is 10.6 Å². The predicted molar refractivity (Wildman–Crippen MR) is 91.6 cm³/mol. The van der Waals surface area contributed by atoms with Gasteiger partial charge < -0.3 is 37.7 Å². The standard InChI is InChI=1S/C15H25N5O7/c16-9(2-4-11(17)22)14(26)20-10(3-5-12(18)23)15(27)19-8(7-21)1-6-13(24)25/h7-10H,1-6,16H2,(H2,17,22)(H2,18,23)(H,19,27)(H,20,26)(H,24,25)/t8-,9-,10-/m0/s1. The highest BCUT2D eigenvalue weighted by molar-refractivity contribution is 5.91. The molecule has 0 bridgehead atoms. The number of carboxylic acid groups (broad SMARTS) is 1. The van der Waals surface area contributed by atoms with Crippen LogP contribution >= 0.6 is 0 Å². The first-order valence-electron chi connectivity index (χ1n) is 8.16. The summed E-state index contributed by atoms with van der Waals surface area (Å²) in [4.78, 5) is 67.6. The molecule has 0 aromatic heterocycles. The number of amides is 4. The number of carbonyl (C=O) groups is 6. The molecule has 27 heavy (non-hydrogen) atoms. The van der Waals surface area contributed by atoms with E-state index >= 15 is 0 Å². The van der Waals surface area contributed by atoms with Crippen molar-refractivity contribution in [2.24, 2.45) is 17.2 Å². The largest absolute Gasteiger partial charge is 0.481 e. The SMILES string of the molecule is NC(=O)CC[C@H](NC(=O)[C@@H](N)CCC(N)=O)C(=O)N[C@H](C=O)CCC(=O)O. The molecule has 0 aromatic carbocycles. The van der Waals surface area contributed by atoms with E-state index in [1.54, 1.807) is 0 Å². The zero-order valence-electron chi connectivity index (χ0n) is 14.7. The molecule has 0 fully saturated rings. The van der Waals surface area contributed by atoms with Gasteiger partial charge >= 0.3 is 5.97 Å². The summed E-state index contributed by atoms with van der Waals surface area (Å²) in [7, 11) is 0. The summed E-state index contributed by atoms with van der Waals surface area (Å²) in [5.41, 5.74) is 15.6. The maximum absolute atomic E-state index is 12.3. The molecule has 0 radical (unpaired) electrons. The summed E-state index contributed by atoms with van der Waals surface area (Å²) in [5.74, 6) is -4.05. The van der Waals surface area contributed by atoms with E-state index in [0.717, 1.165) is 0 Å². The highest BCUT2D eigenvalue weighted by Gasteiger charge is 2.26. The maximum atomic E-state index is 12.3. The van der Waals surface area contributed by atoms with Gasteiger partial charge in [-0.1, -0.05) is 0 Å². The van der Waals surface area contributed by atoms with Crippen molar-refractivity contribution in [3.63, 3.8) is 0 Å². The lowest BCUT2D eigenvalue weighted by molar-refractivity contribution is -0.137. The summed E-state index contributed by atoms with van der Waals surface area (Å²) in [6.07, 6.45) is -0.669. The van der Waals surface area contributed by atoms with Crippen molar-refractivity contribution < 1.29 is 33.9 Å². The van der Waals surface area contributed by atoms with E-state index < -0.39 is 47.7 Å². The predicted octanol–water partition coefficient (Wildman–Crippen LogP) is -3.12. The Balaban J connectivity index is 4.94. The highest BCUT2D eigenvalue weighted by Crippen LogP contribution is 2.03. The first kappa shape index (κ1) is 24.0. The Bertz CT molecular complexity index is 581. The number of aliphatic carboxylic acids is 1. The van der Waals surface area contributed by atoms with Gasteiger partial charge in [0.25, 0.3) is 0 Å². The number of primary amides is 2. The molecule has 12 nitrogen and oxygen atoms in total. The van der Waals surface area contributed by atoms with Crippen LogP contribution < -0.4 is 27.8 Å². The van der Waals surface area contributed by atoms with Crippen molar-refractivity contribution >= 4 is 35.9 Å². The molecule has 4 amide bonds. The van der Waals surface area contributed by atoms with Crippen molar-refractivity contribution in [3.05, 3.63) is 0 Å². The lowest BCUT2D eigenvalue weighted by atomic mass is 10.1. The quantitative estimate of drug-likeness (QED) is 0.167. The number of rotatable bonds is 14. The molecule has 152 valence electrons. The van der Waals surface area contributed by atoms with Crippen LogP contribution in [-0.2, 0) is 28.8 Å². The van der Waals surface area contributed by atoms with E-state index in [-0.39, 0.29) is 38.5 Å². The Morgan fingerprint density at radius 3 is 1.89 bits per heavy atom. The third-order valence-corrected chi connectivity index (χ3v) is 3.51. The number of nitrogens with one attached hydrogen (secondary N) is 2. The van der Waals surface area contributed by atoms with Crippen LogP contribution in [0.4, 0.5) is 0 Å². The van der Waals surface area contributed by atoms with Crippen molar-refractivity contribution in [2.45, 2.75) is 56.7 Å². The second kappa shape index (κ2) is 12.4. The third kappa shape index (κ3) is 11.3. The molecular weight excluding hydrogens is 362 g/mol. The molecular formula is C15H25N5O7. The summed E-state index contributed by atoms with van der Waals surface area (Å²) < 4.78 is 0. The minimum atomic E-state index is -1.23. The van der Waals surface area contributed by atoms with Gasteiger partial charge in [-0.05, 0) is 19.3 Å². The van der Waals surface area contributed by atoms with E-state index in [1.165, 1.54) is 0 Å². The van der Waals surface area contributed by atoms with Gasteiger partial charge in [0.15, 0.2) is 0 Å². The van der Waals surface area contributed by atoms with Crippen LogP contribution in [-0.4, -0.2) is 59.1 Å². The zero-order chi connectivity index (χ0) is 21.0. The lowest BCUT2D eigenvalue weighted by Crippen LogP contribution is -2.53. The number of carboxylic acids is 1. The molecule has 0 aromatic rings. The van der Waals surface area contributed by atoms with Gasteiger partial charge in [-0.15, -0.1) is 0 Å². The Morgan fingerprint density at radius 2 is 1.41 bits per heavy atom. The molecule has 3 atom stereocenters. The molecule has 0 saturated carbocycles. The van der Waals surface area contributed by atoms with Crippen LogP contribution in [0.3, 0.4) is 0 Å². The molecule has 0 aliphatic carbocycles. The number of nitrogens with two attached hydrogens (primary N) is 3. The van der Waals surface area contributed by atoms with Gasteiger partial charge in [0.2, 0.25) is 23.6 Å². The molecule has 0 aliphatic rings. The minimum absolute atomic E-state index is 0.0408. The first-order chi connectivity index (χ1) is 12.6. The molecule has 0 spiro atoms. The van der Waals surface area contributed by atoms with Crippen LogP contribution in [0.25, 0.3) is 0 Å². The fourth-order valence-corrected chi connectivity index (χ4v) is 2.00. The second-order valence-electron chi connectivity index (χ2n) is 5.86. The Morgan fingerprint density at radius 1 is 0.852 bits per heavy atom. The Kier molecular flexibility index (Phi) is 11.0. The van der Waals surface area contributed by atoms with Crippen molar-refractivity contribution in [1.29, 1.82) is 0 Å². The van der Waals surface area contributed by atoms with Gasteiger partial charge in [-0.3, -0.25) is 24.0 Å². The fourth-order valence-electron chi connectivity index (χ4n) is 2.00. The van der Waals surface area contributed by atoms with Crippen molar-refractivity contribution in [3.8, 4) is 0 Å². The van der Waals surface area contributed by atoms with Crippen LogP contribution in [0, 0.1) is 0 Å². The third-order valence-electron chi connectivity index (χ3n) is 3.51. The normalized spacial score (nSPS) is 13.7. The number of hydrogen-bond acceptors (Lipinski definition) is 7. The van der Waals surface area contributed by atoms with Gasteiger partial charge in [0.1, 0.15) is 12.3 Å². The lowest BCUT2D eigenvalue weighted by Gasteiger charge is -2.22. The molecule has 0 saturated heterocycles. The molecule has 0 aliphatic heterocycles. The highest BCUT2D eigenvalue weighted by atomic mass is 16.4. The fraction of sp³-hybridized carbons (Fsp3) is 0.600. The summed E-state index contributed by atoms with van der Waals surface area (Å²) in [6.45, 7) is 0. The van der Waals surface area contributed by atoms with Gasteiger partial charge in [0.05, 0.1) is 12.1 Å². The number of aldehydes is 1. The van der Waals surface area contributed by atoms with E-state index in [9.17, 15) is 28.8 Å². The maximum Gasteiger partial charge on any atom is 0.303 e. The topological polar surface area (TPSA) is 225 Å². The average molecular weight is 387 g/mol. The Hall–Kier alpha value is -3.02. The molecule has 12 heteroatoms. The molecule has 9 N–H and O–H groups in total. The average Bonchev–Trinajstić information content (AvgIpc) is 2.58. The first-order valence-corrected chi connectivity index (χ1v) is 8.16. The van der Waals surface area contributed by atoms with E-state index in [1.807, 2.05) is 0 Å². The van der Waals surface area contributed by atoms with Crippen LogP contribution in [0.15, 0.2) is 0 Å². The van der Waals surface area contributed by atoms with Crippen LogP contribution in [0.1, 0.15) is 38.5 Å². The van der Waals surface area contributed by atoms with Gasteiger partial charge in [0, 0.05) is 19.3 Å². The minimum Gasteiger partial charge on any atom is -0.481 e. The summed E-state index contributed by atoms with van der Waals surface area (Å²) in [5, 5.41) is 13.2. The summed E-state index contributed by atoms with van der Waals surface area (Å²) in [6, 6.07) is -3.42. The van der Waals surface area contributed by atoms with Gasteiger partial charge in [-0.2, -0.15) is 0 Å². The zero-order valence-corrected chi connectivity index (χ0v) is 14.7. The molecule has 0 heterocycles. The second-order valence-corrected chi connectivity index (χ2v) is 5.86. The van der Waals surface area contributed by atoms with Gasteiger partial charge in [-0.25, -0.2) is 0 Å². The van der Waals surface area contributed by atoms with Crippen LogP contribution in [0.5, 0.6) is 0 Å². The van der Waals surface area contributed by atoms with E-state index in [4.69, 9.17) is 22.3 Å². The monoisotopic (exact) mass is 387 g/mol. The van der Waals surface area contributed by atoms with Crippen molar-refractivity contribution in [1.82, 2.24) is 10.6 Å². The molecule has 0 rings (SSSR count). The van der Waals surface area contributed by atoms with Crippen LogP contribution in [0.2, 0.25) is 0 Å². The van der Waals surface area contributed by atoms with E-state index in [0.29, 0.717) is 6.29 Å². The van der Waals surface area contributed by atoms with Crippen molar-refractivity contribution in [2.75, 3.05) is 0 Å². The number of hydrogen-bond donors (Lipinski definition) is 6. The number of carbonyl (C=O) groups excluding carboxylic acids is 5. The Labute approximate surface area is 155 Å². The molecule has 0 unspecified atom stereocenters. The smallest absolute Gasteiger partial charge is 0.303 e.